The normalized spacial score (nSPS) is 12.8. The summed E-state index contributed by atoms with van der Waals surface area (Å²) in [6.45, 7) is 5.79. The van der Waals surface area contributed by atoms with E-state index in [0.29, 0.717) is 13.1 Å². The van der Waals surface area contributed by atoms with E-state index >= 15 is 0 Å². The minimum absolute atomic E-state index is 0.627. The Balaban J connectivity index is 4.48. The van der Waals surface area contributed by atoms with Crippen LogP contribution >= 0.6 is 0 Å². The second-order valence-electron chi connectivity index (χ2n) is 7.90. The predicted molar refractivity (Wildman–Crippen MR) is 114 cm³/mol. The van der Waals surface area contributed by atoms with Crippen molar-refractivity contribution >= 4 is 12.2 Å². The van der Waals surface area contributed by atoms with E-state index in [-0.39, 0.29) is 0 Å². The Morgan fingerprint density at radius 2 is 0.963 bits per heavy atom. The molecule has 0 spiro atoms. The molecular weight excluding hydrogens is 336 g/mol. The molecule has 156 valence electrons. The molecule has 4 heteroatoms. The Morgan fingerprint density at radius 3 is 1.30 bits per heavy atom. The molecule has 0 heterocycles. The molecule has 0 radical (unpaired) electrons. The maximum Gasteiger partial charge on any atom is 0.234 e. The van der Waals surface area contributed by atoms with Gasteiger partial charge >= 0.3 is 0 Å². The highest BCUT2D eigenvalue weighted by Crippen LogP contribution is 2.30. The van der Waals surface area contributed by atoms with E-state index in [0.717, 1.165) is 37.5 Å². The van der Waals surface area contributed by atoms with Crippen LogP contribution in [-0.4, -0.2) is 25.2 Å². The lowest BCUT2D eigenvalue weighted by Crippen LogP contribution is -2.11. The molecule has 2 atom stereocenters. The van der Waals surface area contributed by atoms with Crippen LogP contribution < -0.4 is 0 Å². The van der Waals surface area contributed by atoms with Gasteiger partial charge in [-0.05, 0) is 31.1 Å². The van der Waals surface area contributed by atoms with Gasteiger partial charge in [0, 0.05) is 0 Å². The first-order valence-corrected chi connectivity index (χ1v) is 11.4. The van der Waals surface area contributed by atoms with Crippen molar-refractivity contribution in [1.82, 2.24) is 0 Å². The van der Waals surface area contributed by atoms with Gasteiger partial charge < -0.3 is 0 Å². The zero-order valence-corrected chi connectivity index (χ0v) is 17.9. The first kappa shape index (κ1) is 25.8. The summed E-state index contributed by atoms with van der Waals surface area (Å²) in [5.74, 6) is 1.60. The minimum atomic E-state index is 0.627. The zero-order valence-electron chi connectivity index (χ0n) is 17.9. The van der Waals surface area contributed by atoms with E-state index in [2.05, 4.69) is 23.8 Å². The summed E-state index contributed by atoms with van der Waals surface area (Å²) in [6, 6.07) is 0. The van der Waals surface area contributed by atoms with E-state index in [1.165, 1.54) is 70.6 Å². The topological polar surface area (TPSA) is 58.9 Å². The molecule has 0 amide bonds. The molecule has 0 saturated carbocycles. The van der Waals surface area contributed by atoms with Crippen molar-refractivity contribution in [3.8, 4) is 0 Å². The molecule has 0 aromatic carbocycles. The monoisotopic (exact) mass is 378 g/mol. The lowest BCUT2D eigenvalue weighted by molar-refractivity contribution is 0.285. The smallest absolute Gasteiger partial charge is 0.211 e. The Hall–Kier alpha value is -1.24. The number of carbonyl (C=O) groups excluding carboxylic acids is 2. The molecule has 0 aliphatic carbocycles. The highest BCUT2D eigenvalue weighted by molar-refractivity contribution is 5.32. The summed E-state index contributed by atoms with van der Waals surface area (Å²) in [6.07, 6.45) is 22.0. The molecule has 0 rings (SSSR count). The highest BCUT2D eigenvalue weighted by atomic mass is 16.1. The van der Waals surface area contributed by atoms with Crippen LogP contribution in [0.4, 0.5) is 0 Å². The molecule has 0 aromatic heterocycles. The van der Waals surface area contributed by atoms with E-state index in [9.17, 15) is 9.59 Å². The Bertz CT molecular complexity index is 375. The molecule has 0 saturated heterocycles. The second-order valence-corrected chi connectivity index (χ2v) is 7.90. The fraction of sp³-hybridized carbons (Fsp3) is 0.913. The summed E-state index contributed by atoms with van der Waals surface area (Å²) in [7, 11) is 0. The number of aliphatic imine (C=N–C) groups is 2. The number of hydrogen-bond donors (Lipinski definition) is 0. The fourth-order valence-electron chi connectivity index (χ4n) is 3.94. The summed E-state index contributed by atoms with van der Waals surface area (Å²) in [4.78, 5) is 27.7. The van der Waals surface area contributed by atoms with Crippen molar-refractivity contribution in [3.05, 3.63) is 0 Å². The van der Waals surface area contributed by atoms with Gasteiger partial charge in [-0.1, -0.05) is 90.9 Å². The van der Waals surface area contributed by atoms with E-state index in [1.54, 1.807) is 12.2 Å². The largest absolute Gasteiger partial charge is 0.234 e. The van der Waals surface area contributed by atoms with Gasteiger partial charge in [-0.3, -0.25) is 0 Å². The number of hydrogen-bond acceptors (Lipinski definition) is 4. The van der Waals surface area contributed by atoms with E-state index in [4.69, 9.17) is 0 Å². The third-order valence-corrected chi connectivity index (χ3v) is 5.49. The van der Waals surface area contributed by atoms with Crippen LogP contribution in [-0.2, 0) is 9.59 Å². The van der Waals surface area contributed by atoms with Crippen molar-refractivity contribution in [2.24, 2.45) is 21.8 Å². The van der Waals surface area contributed by atoms with Gasteiger partial charge in [-0.15, -0.1) is 0 Å². The lowest BCUT2D eigenvalue weighted by Gasteiger charge is -2.24. The first-order valence-electron chi connectivity index (χ1n) is 11.4. The van der Waals surface area contributed by atoms with Crippen LogP contribution in [0.5, 0.6) is 0 Å². The summed E-state index contributed by atoms with van der Waals surface area (Å²) in [5.41, 5.74) is 0. The van der Waals surface area contributed by atoms with E-state index in [1.807, 2.05) is 0 Å². The molecule has 0 aliphatic heterocycles. The summed E-state index contributed by atoms with van der Waals surface area (Å²) in [5, 5.41) is 0. The quantitative estimate of drug-likeness (QED) is 0.133. The number of rotatable bonds is 20. The van der Waals surface area contributed by atoms with Gasteiger partial charge in [0.05, 0.1) is 13.1 Å². The molecular formula is C23H42N2O2. The second kappa shape index (κ2) is 21.1. The van der Waals surface area contributed by atoms with Gasteiger partial charge in [-0.25, -0.2) is 19.6 Å². The third-order valence-electron chi connectivity index (χ3n) is 5.49. The van der Waals surface area contributed by atoms with Crippen molar-refractivity contribution in [3.63, 3.8) is 0 Å². The molecule has 2 unspecified atom stereocenters. The Kier molecular flexibility index (Phi) is 20.1. The molecule has 0 aliphatic rings. The van der Waals surface area contributed by atoms with Gasteiger partial charge in [0.25, 0.3) is 0 Å². The number of isocyanates is 2. The van der Waals surface area contributed by atoms with Crippen LogP contribution in [0.1, 0.15) is 110 Å². The van der Waals surface area contributed by atoms with Crippen molar-refractivity contribution in [1.29, 1.82) is 0 Å². The van der Waals surface area contributed by atoms with Gasteiger partial charge in [0.2, 0.25) is 12.2 Å². The third kappa shape index (κ3) is 17.9. The summed E-state index contributed by atoms with van der Waals surface area (Å²) < 4.78 is 0. The molecule has 0 bridgehead atoms. The van der Waals surface area contributed by atoms with Crippen LogP contribution in [0.3, 0.4) is 0 Å². The Labute approximate surface area is 167 Å². The first-order chi connectivity index (χ1) is 13.3. The Morgan fingerprint density at radius 1 is 0.593 bits per heavy atom. The minimum Gasteiger partial charge on any atom is -0.211 e. The fourth-order valence-corrected chi connectivity index (χ4v) is 3.94. The van der Waals surface area contributed by atoms with Crippen LogP contribution in [0.15, 0.2) is 9.98 Å². The standard InChI is InChI=1S/C23H42N2O2/c1-3-5-7-13-22(15-9-11-17-24-20-26)19-23(14-8-6-4-2)16-10-12-18-25-21-27/h22-23H,3-19H2,1-2H3. The SMILES string of the molecule is CCCCCC(CCCCN=C=O)CC(CCCCC)CCCCN=C=O. The molecule has 4 nitrogen and oxygen atoms in total. The molecule has 0 fully saturated rings. The van der Waals surface area contributed by atoms with Gasteiger partial charge in [0.15, 0.2) is 0 Å². The number of nitrogens with zero attached hydrogens (tertiary/aromatic N) is 2. The van der Waals surface area contributed by atoms with Crippen LogP contribution in [0.25, 0.3) is 0 Å². The molecule has 0 N–H and O–H groups in total. The van der Waals surface area contributed by atoms with Crippen molar-refractivity contribution < 1.29 is 9.59 Å². The molecule has 0 aromatic rings. The van der Waals surface area contributed by atoms with Crippen molar-refractivity contribution in [2.45, 2.75) is 110 Å². The average Bonchev–Trinajstić information content (AvgIpc) is 2.67. The molecule has 27 heavy (non-hydrogen) atoms. The zero-order chi connectivity index (χ0) is 20.0. The maximum absolute atomic E-state index is 10.2. The van der Waals surface area contributed by atoms with Crippen molar-refractivity contribution in [2.75, 3.05) is 13.1 Å². The lowest BCUT2D eigenvalue weighted by atomic mass is 9.82. The van der Waals surface area contributed by atoms with Gasteiger partial charge in [0.1, 0.15) is 0 Å². The average molecular weight is 379 g/mol. The van der Waals surface area contributed by atoms with Crippen LogP contribution in [0, 0.1) is 11.8 Å². The van der Waals surface area contributed by atoms with Gasteiger partial charge in [-0.2, -0.15) is 0 Å². The number of unbranched alkanes of at least 4 members (excludes halogenated alkanes) is 6. The van der Waals surface area contributed by atoms with E-state index < -0.39 is 0 Å². The summed E-state index contributed by atoms with van der Waals surface area (Å²) >= 11 is 0. The predicted octanol–water partition coefficient (Wildman–Crippen LogP) is 6.78. The highest BCUT2D eigenvalue weighted by Gasteiger charge is 2.16. The van der Waals surface area contributed by atoms with Crippen LogP contribution in [0.2, 0.25) is 0 Å². The maximum atomic E-state index is 10.2.